The van der Waals surface area contributed by atoms with Gasteiger partial charge in [-0.1, -0.05) is 52.4 Å². The van der Waals surface area contributed by atoms with Crippen LogP contribution in [0.3, 0.4) is 0 Å². The summed E-state index contributed by atoms with van der Waals surface area (Å²) in [6, 6.07) is 15.7. The highest BCUT2D eigenvalue weighted by Crippen LogP contribution is 2.44. The van der Waals surface area contributed by atoms with E-state index in [0.29, 0.717) is 16.5 Å². The molecule has 4 aromatic rings. The summed E-state index contributed by atoms with van der Waals surface area (Å²) in [6.07, 6.45) is 0.885. The second kappa shape index (κ2) is 8.28. The van der Waals surface area contributed by atoms with Gasteiger partial charge in [-0.25, -0.2) is 4.98 Å². The topological polar surface area (TPSA) is 83.6 Å². The first-order chi connectivity index (χ1) is 15.9. The molecule has 0 bridgehead atoms. The van der Waals surface area contributed by atoms with E-state index >= 15 is 0 Å². The SMILES string of the molecule is CCc1ccc2nc(N3C(=O)C(O)=C(C(=O)c4ccc(C)o4)[C@H]3c3cccc(Br)c3)sc2c1. The number of aryl methyl sites for hydroxylation is 2. The van der Waals surface area contributed by atoms with E-state index in [0.717, 1.165) is 21.1 Å². The number of ketones is 1. The fourth-order valence-electron chi connectivity index (χ4n) is 4.00. The third-order valence-electron chi connectivity index (χ3n) is 5.64. The van der Waals surface area contributed by atoms with E-state index in [1.54, 1.807) is 19.1 Å². The zero-order valence-corrected chi connectivity index (χ0v) is 20.2. The standard InChI is InChI=1S/C25H19BrN2O4S/c1-3-14-8-9-17-19(11-14)33-25(27-17)28-21(15-5-4-6-16(26)12-15)20(23(30)24(28)31)22(29)18-10-7-13(2)32-18/h4-12,21,30H,3H2,1-2H3/t21-/m1/s1. The molecule has 1 aliphatic heterocycles. The maximum atomic E-state index is 13.4. The molecule has 33 heavy (non-hydrogen) atoms. The van der Waals surface area contributed by atoms with Gasteiger partial charge < -0.3 is 9.52 Å². The quantitative estimate of drug-likeness (QED) is 0.310. The third kappa shape index (κ3) is 3.69. The number of carbonyl (C=O) groups excluding carboxylic acids is 2. The number of furan rings is 1. The number of hydrogen-bond acceptors (Lipinski definition) is 6. The van der Waals surface area contributed by atoms with Crippen LogP contribution in [0.2, 0.25) is 0 Å². The maximum Gasteiger partial charge on any atom is 0.296 e. The Bertz CT molecular complexity index is 1450. The fourth-order valence-corrected chi connectivity index (χ4v) is 5.47. The van der Waals surface area contributed by atoms with Gasteiger partial charge in [0.05, 0.1) is 21.8 Å². The lowest BCUT2D eigenvalue weighted by Gasteiger charge is -2.24. The molecule has 1 amide bonds. The number of amides is 1. The first kappa shape index (κ1) is 21.6. The molecule has 1 aliphatic rings. The summed E-state index contributed by atoms with van der Waals surface area (Å²) in [7, 11) is 0. The Hall–Kier alpha value is -3.23. The van der Waals surface area contributed by atoms with Crippen LogP contribution in [0.5, 0.6) is 0 Å². The average Bonchev–Trinajstić information content (AvgIpc) is 3.49. The average molecular weight is 523 g/mol. The van der Waals surface area contributed by atoms with Crippen molar-refractivity contribution in [3.63, 3.8) is 0 Å². The van der Waals surface area contributed by atoms with Crippen LogP contribution in [-0.4, -0.2) is 21.8 Å². The molecule has 6 nitrogen and oxygen atoms in total. The van der Waals surface area contributed by atoms with E-state index in [1.807, 2.05) is 36.4 Å². The summed E-state index contributed by atoms with van der Waals surface area (Å²) in [4.78, 5) is 32.8. The normalized spacial score (nSPS) is 16.3. The number of thiazole rings is 1. The Morgan fingerprint density at radius 3 is 2.73 bits per heavy atom. The summed E-state index contributed by atoms with van der Waals surface area (Å²) in [6.45, 7) is 3.81. The number of aliphatic hydroxyl groups excluding tert-OH is 1. The molecular formula is C25H19BrN2O4S. The van der Waals surface area contributed by atoms with Gasteiger partial charge in [-0.3, -0.25) is 14.5 Å². The highest BCUT2D eigenvalue weighted by molar-refractivity contribution is 9.10. The highest BCUT2D eigenvalue weighted by Gasteiger charge is 2.46. The van der Waals surface area contributed by atoms with Gasteiger partial charge in [-0.05, 0) is 60.9 Å². The number of fused-ring (bicyclic) bond motifs is 1. The predicted molar refractivity (Wildman–Crippen MR) is 131 cm³/mol. The number of aliphatic hydroxyl groups is 1. The van der Waals surface area contributed by atoms with Gasteiger partial charge in [-0.15, -0.1) is 0 Å². The Balaban J connectivity index is 1.67. The molecule has 0 spiro atoms. The van der Waals surface area contributed by atoms with Crippen molar-refractivity contribution in [1.29, 1.82) is 0 Å². The zero-order valence-electron chi connectivity index (χ0n) is 17.8. The molecule has 2 aromatic carbocycles. The minimum absolute atomic E-state index is 0.0269. The molecule has 5 rings (SSSR count). The molecule has 8 heteroatoms. The fraction of sp³-hybridized carbons (Fsp3) is 0.160. The van der Waals surface area contributed by atoms with Gasteiger partial charge in [0.25, 0.3) is 5.91 Å². The molecule has 0 aliphatic carbocycles. The van der Waals surface area contributed by atoms with Gasteiger partial charge in [0.2, 0.25) is 5.78 Å². The molecule has 2 aromatic heterocycles. The van der Waals surface area contributed by atoms with Crippen LogP contribution in [0.15, 0.2) is 74.8 Å². The first-order valence-corrected chi connectivity index (χ1v) is 12.0. The molecule has 0 saturated carbocycles. The number of anilines is 1. The highest BCUT2D eigenvalue weighted by atomic mass is 79.9. The number of Topliss-reactive ketones (excluding diaryl/α,β-unsaturated/α-hetero) is 1. The lowest BCUT2D eigenvalue weighted by Crippen LogP contribution is -2.30. The summed E-state index contributed by atoms with van der Waals surface area (Å²) in [5.74, 6) is -1.15. The number of aromatic nitrogens is 1. The van der Waals surface area contributed by atoms with Crippen LogP contribution in [0.25, 0.3) is 10.2 Å². The Kier molecular flexibility index (Phi) is 5.42. The van der Waals surface area contributed by atoms with Crippen molar-refractivity contribution >= 4 is 54.3 Å². The van der Waals surface area contributed by atoms with Gasteiger partial charge in [0, 0.05) is 4.47 Å². The van der Waals surface area contributed by atoms with E-state index in [9.17, 15) is 14.7 Å². The third-order valence-corrected chi connectivity index (χ3v) is 7.15. The van der Waals surface area contributed by atoms with Crippen LogP contribution in [-0.2, 0) is 11.2 Å². The molecular weight excluding hydrogens is 504 g/mol. The molecule has 0 unspecified atom stereocenters. The number of carbonyl (C=O) groups is 2. The largest absolute Gasteiger partial charge is 0.503 e. The summed E-state index contributed by atoms with van der Waals surface area (Å²) in [5, 5.41) is 11.3. The monoisotopic (exact) mass is 522 g/mol. The Morgan fingerprint density at radius 2 is 2.03 bits per heavy atom. The van der Waals surface area contributed by atoms with E-state index < -0.39 is 23.5 Å². The van der Waals surface area contributed by atoms with Gasteiger partial charge >= 0.3 is 0 Å². The second-order valence-corrected chi connectivity index (χ2v) is 9.71. The van der Waals surface area contributed by atoms with Gasteiger partial charge in [0.15, 0.2) is 16.7 Å². The summed E-state index contributed by atoms with van der Waals surface area (Å²) < 4.78 is 7.24. The lowest BCUT2D eigenvalue weighted by atomic mass is 9.95. The minimum Gasteiger partial charge on any atom is -0.503 e. The zero-order chi connectivity index (χ0) is 23.3. The molecule has 1 N–H and O–H groups in total. The summed E-state index contributed by atoms with van der Waals surface area (Å²) in [5.41, 5.74) is 2.57. The van der Waals surface area contributed by atoms with Gasteiger partial charge in [0.1, 0.15) is 5.76 Å². The van der Waals surface area contributed by atoms with Crippen LogP contribution in [0.1, 0.15) is 40.4 Å². The van der Waals surface area contributed by atoms with Crippen molar-refractivity contribution in [1.82, 2.24) is 4.98 Å². The number of benzene rings is 2. The van der Waals surface area contributed by atoms with Crippen molar-refractivity contribution in [2.24, 2.45) is 0 Å². The first-order valence-electron chi connectivity index (χ1n) is 10.4. The van der Waals surface area contributed by atoms with Crippen LogP contribution in [0, 0.1) is 6.92 Å². The van der Waals surface area contributed by atoms with Crippen molar-refractivity contribution in [3.05, 3.63) is 93.0 Å². The van der Waals surface area contributed by atoms with Crippen molar-refractivity contribution < 1.29 is 19.1 Å². The predicted octanol–water partition coefficient (Wildman–Crippen LogP) is 6.31. The van der Waals surface area contributed by atoms with Gasteiger partial charge in [-0.2, -0.15) is 0 Å². The Morgan fingerprint density at radius 1 is 1.21 bits per heavy atom. The van der Waals surface area contributed by atoms with Crippen LogP contribution >= 0.6 is 27.3 Å². The van der Waals surface area contributed by atoms with E-state index in [1.165, 1.54) is 21.8 Å². The molecule has 1 atom stereocenters. The minimum atomic E-state index is -0.848. The maximum absolute atomic E-state index is 13.4. The van der Waals surface area contributed by atoms with E-state index in [2.05, 4.69) is 33.9 Å². The number of hydrogen-bond donors (Lipinski definition) is 1. The van der Waals surface area contributed by atoms with Crippen molar-refractivity contribution in [2.45, 2.75) is 26.3 Å². The van der Waals surface area contributed by atoms with Crippen LogP contribution in [0.4, 0.5) is 5.13 Å². The van der Waals surface area contributed by atoms with E-state index in [-0.39, 0.29) is 11.3 Å². The van der Waals surface area contributed by atoms with Crippen molar-refractivity contribution in [3.8, 4) is 0 Å². The molecule has 166 valence electrons. The van der Waals surface area contributed by atoms with Crippen LogP contribution < -0.4 is 4.90 Å². The molecule has 0 saturated heterocycles. The Labute approximate surface area is 202 Å². The smallest absolute Gasteiger partial charge is 0.296 e. The molecule has 0 fully saturated rings. The molecule has 0 radical (unpaired) electrons. The number of halogens is 1. The number of nitrogens with zero attached hydrogens (tertiary/aromatic N) is 2. The number of rotatable bonds is 5. The molecule has 3 heterocycles. The van der Waals surface area contributed by atoms with E-state index in [4.69, 9.17) is 4.42 Å². The summed E-state index contributed by atoms with van der Waals surface area (Å²) >= 11 is 4.82. The van der Waals surface area contributed by atoms with Crippen molar-refractivity contribution in [2.75, 3.05) is 4.90 Å². The second-order valence-electron chi connectivity index (χ2n) is 7.79. The lowest BCUT2D eigenvalue weighted by molar-refractivity contribution is -0.117.